The van der Waals surface area contributed by atoms with E-state index >= 15 is 0 Å². The first-order valence-corrected chi connectivity index (χ1v) is 48.7. The minimum absolute atomic E-state index is 0.662. The van der Waals surface area contributed by atoms with E-state index in [0.29, 0.717) is 17.8 Å². The standard InChI is InChI=1S/C46H29N3.2C44H27N3/c1-2-10-30(11-3-1)32-18-21-33(22-19-32)45-41-28-38(37-23-20-31-12-4-5-13-34(31)26-37)24-25-42(41)47-46(48-45)49-43-17-9-8-16-39(43)40-27-35-14-6-7-15-36(35)29-44(40)49;1-2-12-30-24-33(21-20-28(30)10-1)34-22-23-40-39(26-34)43(37-18-9-15-29-11-5-6-16-35(29)37)46-44(45-40)47-41-19-8-7-17-36(41)38-25-31-13-3-4-14-32(31)27-42(38)47;1-2-12-30-24-33(21-20-28(30)10-1)34-22-23-38-40(26-34)45-44(46-43(38)37-18-9-15-29-11-5-6-16-35(29)37)47-41-19-8-7-17-36(41)39-25-31-13-3-4-14-32(31)27-42(39)47/h1-29H;2*1-27H. The van der Waals surface area contributed by atoms with Crippen LogP contribution in [0.3, 0.4) is 0 Å². The molecule has 0 aliphatic carbocycles. The highest BCUT2D eigenvalue weighted by Gasteiger charge is 2.26. The zero-order valence-corrected chi connectivity index (χ0v) is 77.4. The van der Waals surface area contributed by atoms with Crippen molar-refractivity contribution in [2.24, 2.45) is 0 Å². The van der Waals surface area contributed by atoms with Gasteiger partial charge in [-0.2, -0.15) is 0 Å². The monoisotopic (exact) mass is 1820 g/mol. The van der Waals surface area contributed by atoms with Crippen molar-refractivity contribution in [3.05, 3.63) is 504 Å². The lowest BCUT2D eigenvalue weighted by Gasteiger charge is -2.14. The van der Waals surface area contributed by atoms with Crippen molar-refractivity contribution in [2.75, 3.05) is 0 Å². The number of fused-ring (bicyclic) bond motifs is 20. The van der Waals surface area contributed by atoms with Gasteiger partial charge in [0.05, 0.1) is 66.7 Å². The highest BCUT2D eigenvalue weighted by molar-refractivity contribution is 6.18. The van der Waals surface area contributed by atoms with Crippen LogP contribution in [-0.2, 0) is 0 Å². The molecule has 9 nitrogen and oxygen atoms in total. The average Bonchev–Trinajstić information content (AvgIpc) is 1.59. The molecule has 664 valence electrons. The van der Waals surface area contributed by atoms with Crippen LogP contribution in [0, 0.1) is 0 Å². The van der Waals surface area contributed by atoms with Gasteiger partial charge in [0, 0.05) is 65.2 Å². The highest BCUT2D eigenvalue weighted by Crippen LogP contribution is 2.45. The van der Waals surface area contributed by atoms with Crippen LogP contribution in [-0.4, -0.2) is 43.6 Å². The minimum Gasteiger partial charge on any atom is -0.278 e. The molecule has 0 saturated carbocycles. The van der Waals surface area contributed by atoms with Crippen molar-refractivity contribution in [3.63, 3.8) is 0 Å². The lowest BCUT2D eigenvalue weighted by atomic mass is 9.96. The summed E-state index contributed by atoms with van der Waals surface area (Å²) in [6.45, 7) is 0. The predicted octanol–water partition coefficient (Wildman–Crippen LogP) is 35.1. The van der Waals surface area contributed by atoms with Gasteiger partial charge in [0.1, 0.15) is 0 Å². The van der Waals surface area contributed by atoms with Crippen molar-refractivity contribution >= 4 is 184 Å². The van der Waals surface area contributed by atoms with E-state index in [1.54, 1.807) is 0 Å². The molecule has 24 aromatic carbocycles. The van der Waals surface area contributed by atoms with Gasteiger partial charge in [-0.3, -0.25) is 13.7 Å². The van der Waals surface area contributed by atoms with E-state index in [4.69, 9.17) is 29.9 Å². The van der Waals surface area contributed by atoms with Crippen molar-refractivity contribution in [1.82, 2.24) is 43.6 Å². The molecule has 0 radical (unpaired) electrons. The number of para-hydroxylation sites is 3. The van der Waals surface area contributed by atoms with Crippen LogP contribution in [0.1, 0.15) is 0 Å². The molecular weight excluding hydrogens is 1740 g/mol. The van der Waals surface area contributed by atoms with Crippen molar-refractivity contribution in [1.29, 1.82) is 0 Å². The Balaban J connectivity index is 0.000000105. The second-order valence-corrected chi connectivity index (χ2v) is 37.2. The third-order valence-corrected chi connectivity index (χ3v) is 28.9. The lowest BCUT2D eigenvalue weighted by molar-refractivity contribution is 1.01. The molecule has 0 spiro atoms. The first kappa shape index (κ1) is 82.1. The number of nitrogens with zero attached hydrogens (tertiary/aromatic N) is 9. The summed E-state index contributed by atoms with van der Waals surface area (Å²) in [5, 5.41) is 29.6. The molecule has 6 heterocycles. The number of hydrogen-bond acceptors (Lipinski definition) is 6. The zero-order chi connectivity index (χ0) is 94.1. The predicted molar refractivity (Wildman–Crippen MR) is 600 cm³/mol. The van der Waals surface area contributed by atoms with Gasteiger partial charge in [0.15, 0.2) is 0 Å². The van der Waals surface area contributed by atoms with E-state index in [9.17, 15) is 0 Å². The quantitative estimate of drug-likeness (QED) is 0.135. The van der Waals surface area contributed by atoms with Crippen molar-refractivity contribution in [2.45, 2.75) is 0 Å². The molecule has 6 aromatic heterocycles. The van der Waals surface area contributed by atoms with Crippen LogP contribution < -0.4 is 0 Å². The number of aromatic nitrogens is 9. The van der Waals surface area contributed by atoms with Gasteiger partial charge in [0.25, 0.3) is 0 Å². The average molecular weight is 1820 g/mol. The van der Waals surface area contributed by atoms with Gasteiger partial charge in [-0.05, 0) is 240 Å². The van der Waals surface area contributed by atoms with Gasteiger partial charge >= 0.3 is 0 Å². The van der Waals surface area contributed by atoms with E-state index in [1.165, 1.54) is 146 Å². The Labute approximate surface area is 821 Å². The van der Waals surface area contributed by atoms with Gasteiger partial charge in [-0.1, -0.05) is 394 Å². The van der Waals surface area contributed by atoms with Crippen LogP contribution in [0.2, 0.25) is 0 Å². The molecule has 0 atom stereocenters. The van der Waals surface area contributed by atoms with Crippen LogP contribution >= 0.6 is 0 Å². The second-order valence-electron chi connectivity index (χ2n) is 37.2. The summed E-state index contributed by atoms with van der Waals surface area (Å²) in [7, 11) is 0. The molecule has 0 saturated heterocycles. The summed E-state index contributed by atoms with van der Waals surface area (Å²) in [6.07, 6.45) is 0. The van der Waals surface area contributed by atoms with Crippen LogP contribution in [0.4, 0.5) is 0 Å². The van der Waals surface area contributed by atoms with E-state index in [0.717, 1.165) is 116 Å². The molecule has 0 aliphatic rings. The number of hydrogen-bond donors (Lipinski definition) is 0. The molecule has 0 amide bonds. The van der Waals surface area contributed by atoms with Gasteiger partial charge < -0.3 is 0 Å². The normalized spacial score (nSPS) is 11.8. The summed E-state index contributed by atoms with van der Waals surface area (Å²) in [5.41, 5.74) is 24.6. The third-order valence-electron chi connectivity index (χ3n) is 28.9. The van der Waals surface area contributed by atoms with Crippen molar-refractivity contribution in [3.8, 4) is 96.1 Å². The number of benzene rings is 24. The molecule has 30 aromatic rings. The molecule has 30 rings (SSSR count). The van der Waals surface area contributed by atoms with E-state index in [-0.39, 0.29) is 0 Å². The Morgan fingerprint density at radius 1 is 0.119 bits per heavy atom. The van der Waals surface area contributed by atoms with Crippen molar-refractivity contribution < 1.29 is 0 Å². The molecule has 0 aliphatic heterocycles. The smallest absolute Gasteiger partial charge is 0.235 e. The number of rotatable bonds is 10. The van der Waals surface area contributed by atoms with E-state index in [2.05, 4.69) is 517 Å². The minimum atomic E-state index is 0.662. The summed E-state index contributed by atoms with van der Waals surface area (Å²) >= 11 is 0. The highest BCUT2D eigenvalue weighted by atomic mass is 15.2. The Kier molecular flexibility index (Phi) is 19.5. The topological polar surface area (TPSA) is 92.1 Å². The molecule has 0 bridgehead atoms. The summed E-state index contributed by atoms with van der Waals surface area (Å²) in [5.74, 6) is 1.99. The maximum atomic E-state index is 5.48. The van der Waals surface area contributed by atoms with Crippen LogP contribution in [0.15, 0.2) is 504 Å². The summed E-state index contributed by atoms with van der Waals surface area (Å²) in [4.78, 5) is 32.3. The summed E-state index contributed by atoms with van der Waals surface area (Å²) < 4.78 is 6.71. The maximum Gasteiger partial charge on any atom is 0.235 e. The van der Waals surface area contributed by atoms with Crippen LogP contribution in [0.25, 0.3) is 280 Å². The second kappa shape index (κ2) is 33.9. The third kappa shape index (κ3) is 14.3. The lowest BCUT2D eigenvalue weighted by Crippen LogP contribution is -2.04. The SMILES string of the molecule is c1ccc(-c2ccc(-c3nc(-n4c5ccccc5c5cc6ccccc6cc54)nc4ccc(-c5ccc6ccccc6c5)cc34)cc2)cc1.c1ccc2cc(-c3ccc4c(-c5cccc6ccccc56)nc(-n5c6ccccc6c6cc7ccccc7cc65)nc4c3)ccc2c1.c1ccc2cc(-c3ccc4nc(-n5c6ccccc6c6cc7ccccc7cc65)nc(-c5cccc6ccccc56)c4c3)ccc2c1. The summed E-state index contributed by atoms with van der Waals surface area (Å²) in [6, 6.07) is 180. The Bertz CT molecular complexity index is 10500. The zero-order valence-electron chi connectivity index (χ0n) is 77.4. The van der Waals surface area contributed by atoms with E-state index < -0.39 is 0 Å². The fourth-order valence-electron chi connectivity index (χ4n) is 21.9. The van der Waals surface area contributed by atoms with Gasteiger partial charge in [-0.25, -0.2) is 29.9 Å². The molecule has 0 unspecified atom stereocenters. The van der Waals surface area contributed by atoms with Gasteiger partial charge in [-0.15, -0.1) is 0 Å². The Hall–Kier alpha value is -19.2. The van der Waals surface area contributed by atoms with E-state index in [1.807, 2.05) is 0 Å². The van der Waals surface area contributed by atoms with Crippen LogP contribution in [0.5, 0.6) is 0 Å². The van der Waals surface area contributed by atoms with Gasteiger partial charge in [0.2, 0.25) is 17.8 Å². The molecule has 143 heavy (non-hydrogen) atoms. The first-order valence-electron chi connectivity index (χ1n) is 48.7. The Morgan fingerprint density at radius 2 is 0.392 bits per heavy atom. The maximum absolute atomic E-state index is 5.48. The fourth-order valence-corrected chi connectivity index (χ4v) is 21.9. The largest absolute Gasteiger partial charge is 0.278 e. The molecular formula is C134H83N9. The molecule has 0 N–H and O–H groups in total. The first-order chi connectivity index (χ1) is 70.8. The Morgan fingerprint density at radius 3 is 0.804 bits per heavy atom. The molecule has 0 fully saturated rings. The molecule has 9 heteroatoms. The fraction of sp³-hybridized carbons (Fsp3) is 0.